The van der Waals surface area contributed by atoms with Crippen LogP contribution >= 0.6 is 0 Å². The van der Waals surface area contributed by atoms with E-state index in [2.05, 4.69) is 5.32 Å². The molecule has 2 amide bonds. The zero-order chi connectivity index (χ0) is 19.4. The van der Waals surface area contributed by atoms with E-state index < -0.39 is 17.4 Å². The fourth-order valence-corrected chi connectivity index (χ4v) is 4.16. The van der Waals surface area contributed by atoms with E-state index in [1.54, 1.807) is 4.90 Å². The van der Waals surface area contributed by atoms with Crippen LogP contribution in [0.5, 0.6) is 0 Å². The summed E-state index contributed by atoms with van der Waals surface area (Å²) in [6.07, 6.45) is 4.83. The highest BCUT2D eigenvalue weighted by Crippen LogP contribution is 2.36. The monoisotopic (exact) mass is 372 g/mol. The maximum Gasteiger partial charge on any atom is 0.311 e. The molecule has 1 unspecified atom stereocenters. The number of likely N-dealkylation sites (tertiary alicyclic amines) is 1. The summed E-state index contributed by atoms with van der Waals surface area (Å²) < 4.78 is 0. The first-order chi connectivity index (χ1) is 12.9. The number of nitrogens with one attached hydrogen (secondary N) is 1. The SMILES string of the molecule is Cc1ccc(CN2C(=O)CCC2C(=O)NCC2(C(=O)O)CCCCC2)cc1. The highest BCUT2D eigenvalue weighted by atomic mass is 16.4. The molecule has 0 spiro atoms. The van der Waals surface area contributed by atoms with Crippen LogP contribution in [0.3, 0.4) is 0 Å². The van der Waals surface area contributed by atoms with E-state index in [9.17, 15) is 19.5 Å². The molecule has 1 saturated heterocycles. The van der Waals surface area contributed by atoms with E-state index in [1.165, 1.54) is 0 Å². The third kappa shape index (κ3) is 4.31. The largest absolute Gasteiger partial charge is 0.481 e. The molecular weight excluding hydrogens is 344 g/mol. The molecule has 1 aromatic carbocycles. The van der Waals surface area contributed by atoms with Crippen molar-refractivity contribution in [2.24, 2.45) is 5.41 Å². The van der Waals surface area contributed by atoms with Crippen LogP contribution in [0.1, 0.15) is 56.1 Å². The van der Waals surface area contributed by atoms with E-state index >= 15 is 0 Å². The first-order valence-corrected chi connectivity index (χ1v) is 9.77. The van der Waals surface area contributed by atoms with Crippen LogP contribution in [-0.2, 0) is 20.9 Å². The van der Waals surface area contributed by atoms with Crippen LogP contribution in [-0.4, -0.2) is 40.4 Å². The highest BCUT2D eigenvalue weighted by Gasteiger charge is 2.41. The van der Waals surface area contributed by atoms with Crippen molar-refractivity contribution in [1.82, 2.24) is 10.2 Å². The van der Waals surface area contributed by atoms with E-state index in [4.69, 9.17) is 0 Å². The molecule has 1 saturated carbocycles. The summed E-state index contributed by atoms with van der Waals surface area (Å²) in [5.41, 5.74) is 1.27. The normalized spacial score (nSPS) is 21.9. The van der Waals surface area contributed by atoms with Gasteiger partial charge in [-0.2, -0.15) is 0 Å². The molecule has 0 radical (unpaired) electrons. The van der Waals surface area contributed by atoms with Crippen LogP contribution in [0.25, 0.3) is 0 Å². The fraction of sp³-hybridized carbons (Fsp3) is 0.571. The smallest absolute Gasteiger partial charge is 0.311 e. The molecule has 3 rings (SSSR count). The molecule has 1 atom stereocenters. The van der Waals surface area contributed by atoms with Gasteiger partial charge in [0.1, 0.15) is 6.04 Å². The second kappa shape index (κ2) is 8.11. The van der Waals surface area contributed by atoms with Crippen molar-refractivity contribution in [3.63, 3.8) is 0 Å². The average Bonchev–Trinajstić information content (AvgIpc) is 3.03. The minimum absolute atomic E-state index is 0.0265. The second-order valence-corrected chi connectivity index (χ2v) is 7.93. The lowest BCUT2D eigenvalue weighted by Crippen LogP contribution is -2.50. The predicted molar refractivity (Wildman–Crippen MR) is 101 cm³/mol. The van der Waals surface area contributed by atoms with Gasteiger partial charge in [-0.25, -0.2) is 0 Å². The first kappa shape index (κ1) is 19.4. The van der Waals surface area contributed by atoms with Gasteiger partial charge >= 0.3 is 5.97 Å². The maximum absolute atomic E-state index is 12.8. The number of carboxylic acid groups (broad SMARTS) is 1. The standard InChI is InChI=1S/C21H28N2O4/c1-15-5-7-16(8-6-15)13-23-17(9-10-18(23)24)19(25)22-14-21(20(26)27)11-3-2-4-12-21/h5-8,17H,2-4,9-14H2,1H3,(H,22,25)(H,26,27). The summed E-state index contributed by atoms with van der Waals surface area (Å²) in [5, 5.41) is 12.5. The minimum atomic E-state index is -0.863. The molecule has 0 aromatic heterocycles. The van der Waals surface area contributed by atoms with E-state index in [-0.39, 0.29) is 18.4 Å². The quantitative estimate of drug-likeness (QED) is 0.804. The Kier molecular flexibility index (Phi) is 5.82. The van der Waals surface area contributed by atoms with Crippen LogP contribution in [0.15, 0.2) is 24.3 Å². The number of hydrogen-bond acceptors (Lipinski definition) is 3. The average molecular weight is 372 g/mol. The number of amides is 2. The molecule has 146 valence electrons. The molecule has 1 aliphatic carbocycles. The van der Waals surface area contributed by atoms with Gasteiger partial charge in [-0.3, -0.25) is 14.4 Å². The fourth-order valence-electron chi connectivity index (χ4n) is 4.16. The van der Waals surface area contributed by atoms with Gasteiger partial charge in [-0.1, -0.05) is 49.1 Å². The zero-order valence-corrected chi connectivity index (χ0v) is 15.9. The van der Waals surface area contributed by atoms with E-state index in [0.717, 1.165) is 30.4 Å². The lowest BCUT2D eigenvalue weighted by atomic mass is 9.74. The molecule has 2 N–H and O–H groups in total. The second-order valence-electron chi connectivity index (χ2n) is 7.93. The lowest BCUT2D eigenvalue weighted by Gasteiger charge is -2.34. The Balaban J connectivity index is 1.64. The Morgan fingerprint density at radius 1 is 1.19 bits per heavy atom. The van der Waals surface area contributed by atoms with Crippen LogP contribution < -0.4 is 5.32 Å². The van der Waals surface area contributed by atoms with E-state index in [0.29, 0.717) is 32.2 Å². The zero-order valence-electron chi connectivity index (χ0n) is 15.9. The number of aliphatic carboxylic acids is 1. The third-order valence-electron chi connectivity index (χ3n) is 5.97. The molecule has 1 aromatic rings. The van der Waals surface area contributed by atoms with Gasteiger partial charge in [-0.05, 0) is 31.7 Å². The summed E-state index contributed by atoms with van der Waals surface area (Å²) >= 11 is 0. The van der Waals surface area contributed by atoms with Crippen LogP contribution in [0, 0.1) is 12.3 Å². The number of carboxylic acids is 1. The van der Waals surface area contributed by atoms with Gasteiger partial charge in [0.2, 0.25) is 11.8 Å². The lowest BCUT2D eigenvalue weighted by molar-refractivity contribution is -0.151. The molecule has 1 aliphatic heterocycles. The summed E-state index contributed by atoms with van der Waals surface area (Å²) in [5.74, 6) is -1.10. The summed E-state index contributed by atoms with van der Waals surface area (Å²) in [7, 11) is 0. The van der Waals surface area contributed by atoms with Crippen molar-refractivity contribution >= 4 is 17.8 Å². The first-order valence-electron chi connectivity index (χ1n) is 9.77. The Bertz CT molecular complexity index is 707. The van der Waals surface area contributed by atoms with Gasteiger partial charge in [0.15, 0.2) is 0 Å². The summed E-state index contributed by atoms with van der Waals surface area (Å²) in [6.45, 7) is 2.55. The minimum Gasteiger partial charge on any atom is -0.481 e. The number of rotatable bonds is 6. The number of nitrogens with zero attached hydrogens (tertiary/aromatic N) is 1. The molecule has 2 fully saturated rings. The number of carbonyl (C=O) groups is 3. The van der Waals surface area contributed by atoms with Crippen molar-refractivity contribution in [3.05, 3.63) is 35.4 Å². The van der Waals surface area contributed by atoms with Crippen molar-refractivity contribution in [1.29, 1.82) is 0 Å². The molecular formula is C21H28N2O4. The molecule has 6 heteroatoms. The van der Waals surface area contributed by atoms with Gasteiger partial charge in [0.05, 0.1) is 5.41 Å². The van der Waals surface area contributed by atoms with Gasteiger partial charge in [0.25, 0.3) is 0 Å². The van der Waals surface area contributed by atoms with Gasteiger partial charge in [-0.15, -0.1) is 0 Å². The third-order valence-corrected chi connectivity index (χ3v) is 5.97. The molecule has 2 aliphatic rings. The van der Waals surface area contributed by atoms with Crippen molar-refractivity contribution in [2.75, 3.05) is 6.54 Å². The predicted octanol–water partition coefficient (Wildman–Crippen LogP) is 2.64. The highest BCUT2D eigenvalue weighted by molar-refractivity contribution is 5.91. The van der Waals surface area contributed by atoms with Gasteiger partial charge in [0, 0.05) is 19.5 Å². The molecule has 0 bridgehead atoms. The summed E-state index contributed by atoms with van der Waals surface area (Å²) in [6, 6.07) is 7.40. The van der Waals surface area contributed by atoms with Gasteiger partial charge < -0.3 is 15.3 Å². The number of carbonyl (C=O) groups excluding carboxylic acids is 2. The maximum atomic E-state index is 12.8. The Labute approximate surface area is 159 Å². The van der Waals surface area contributed by atoms with Crippen molar-refractivity contribution < 1.29 is 19.5 Å². The number of benzene rings is 1. The van der Waals surface area contributed by atoms with E-state index in [1.807, 2.05) is 31.2 Å². The van der Waals surface area contributed by atoms with Crippen molar-refractivity contribution in [2.45, 2.75) is 64.5 Å². The molecule has 1 heterocycles. The van der Waals surface area contributed by atoms with Crippen LogP contribution in [0.2, 0.25) is 0 Å². The summed E-state index contributed by atoms with van der Waals surface area (Å²) in [4.78, 5) is 38.4. The molecule has 6 nitrogen and oxygen atoms in total. The number of aryl methyl sites for hydroxylation is 1. The Morgan fingerprint density at radius 2 is 1.85 bits per heavy atom. The molecule has 27 heavy (non-hydrogen) atoms. The van der Waals surface area contributed by atoms with Crippen LogP contribution in [0.4, 0.5) is 0 Å². The number of hydrogen-bond donors (Lipinski definition) is 2. The Hall–Kier alpha value is -2.37. The van der Waals surface area contributed by atoms with Crippen molar-refractivity contribution in [3.8, 4) is 0 Å². The topological polar surface area (TPSA) is 86.7 Å². The Morgan fingerprint density at radius 3 is 2.48 bits per heavy atom.